The molecule has 12 nitrogen and oxygen atoms in total. The van der Waals surface area contributed by atoms with Crippen LogP contribution in [0.2, 0.25) is 0 Å². The summed E-state index contributed by atoms with van der Waals surface area (Å²) in [6.07, 6.45) is 1.83. The van der Waals surface area contributed by atoms with E-state index in [1.165, 1.54) is 0 Å². The van der Waals surface area contributed by atoms with Crippen molar-refractivity contribution in [2.75, 3.05) is 0 Å². The van der Waals surface area contributed by atoms with Crippen LogP contribution in [0.3, 0.4) is 0 Å². The van der Waals surface area contributed by atoms with Gasteiger partial charge in [-0.1, -0.05) is 97.1 Å². The van der Waals surface area contributed by atoms with Crippen LogP contribution in [0, 0.1) is 78.2 Å². The van der Waals surface area contributed by atoms with E-state index in [-0.39, 0.29) is 0 Å². The Balaban J connectivity index is 1.13. The van der Waals surface area contributed by atoms with E-state index >= 15 is 0 Å². The molecule has 12 heteroatoms. The second-order valence-electron chi connectivity index (χ2n) is 18.6. The molecule has 362 valence electrons. The Morgan fingerprint density at radius 2 is 0.725 bits per heavy atom. The van der Waals surface area contributed by atoms with E-state index in [1.807, 2.05) is 97.2 Å². The first kappa shape index (κ1) is 48.1. The molecule has 0 N–H and O–H groups in total. The van der Waals surface area contributed by atoms with Crippen molar-refractivity contribution in [3.8, 4) is 91.4 Å². The van der Waals surface area contributed by atoms with E-state index in [1.54, 1.807) is 84.9 Å². The summed E-state index contributed by atoms with van der Waals surface area (Å²) in [6, 6.07) is 62.3. The average Bonchev–Trinajstić information content (AvgIpc) is 4.06. The van der Waals surface area contributed by atoms with Crippen LogP contribution in [0.5, 0.6) is 0 Å². The summed E-state index contributed by atoms with van der Waals surface area (Å²) in [5.74, 6) is 0.556. The van der Waals surface area contributed by atoms with Gasteiger partial charge in [-0.15, -0.1) is 0 Å². The van der Waals surface area contributed by atoms with Gasteiger partial charge in [-0.25, -0.2) is 29.2 Å². The van der Waals surface area contributed by atoms with Crippen molar-refractivity contribution in [1.82, 2.24) is 14.1 Å². The molecule has 80 heavy (non-hydrogen) atoms. The van der Waals surface area contributed by atoms with Gasteiger partial charge in [-0.2, -0.15) is 21.0 Å². The molecule has 0 radical (unpaired) electrons. The predicted octanol–water partition coefficient (Wildman–Crippen LogP) is 17.9. The van der Waals surface area contributed by atoms with Crippen LogP contribution in [-0.2, 0) is 0 Å². The van der Waals surface area contributed by atoms with Gasteiger partial charge in [0.1, 0.15) is 5.82 Å². The van der Waals surface area contributed by atoms with Gasteiger partial charge < -0.3 is 4.57 Å². The minimum Gasteiger partial charge on any atom is -0.307 e. The summed E-state index contributed by atoms with van der Waals surface area (Å²) in [6.45, 7) is 39.1. The summed E-state index contributed by atoms with van der Waals surface area (Å²) in [7, 11) is 0. The Bertz CT molecular complexity index is 4860. The van der Waals surface area contributed by atoms with Crippen molar-refractivity contribution in [3.05, 3.63) is 261 Å². The molecule has 0 bridgehead atoms. The van der Waals surface area contributed by atoms with Gasteiger partial charge in [-0.05, 0) is 129 Å². The summed E-state index contributed by atoms with van der Waals surface area (Å²) in [5.41, 5.74) is 14.4. The lowest BCUT2D eigenvalue weighted by atomic mass is 9.95. The Morgan fingerprint density at radius 1 is 0.338 bits per heavy atom. The van der Waals surface area contributed by atoms with Gasteiger partial charge in [-0.3, -0.25) is 4.57 Å². The standard InChI is InChI=1S/C68H30N12/c1-73-49-14-8-42(9-15-49)56-34-68(80-65-24-10-43(52-18-6-40(35-69)26-47(52)37-71)28-59(65)60-29-44(11-25-66(60)80)53-19-7-41(36-70)27-48(53)38-72)78-39-67(56)79-63-22-12-45(54-20-16-50(74-2)32-61(54)76-4)30-57(63)58-31-46(13-23-64(58)79)55-21-17-51(75-3)33-62(55)77-5/h6-34,39H. The van der Waals surface area contributed by atoms with Gasteiger partial charge in [0.2, 0.25) is 0 Å². The van der Waals surface area contributed by atoms with Crippen LogP contribution in [0.15, 0.2) is 182 Å². The lowest BCUT2D eigenvalue weighted by molar-refractivity contribution is 1.06. The number of rotatable bonds is 7. The summed E-state index contributed by atoms with van der Waals surface area (Å²) in [4.78, 5) is 23.7. The number of aromatic nitrogens is 3. The van der Waals surface area contributed by atoms with Crippen molar-refractivity contribution in [2.45, 2.75) is 0 Å². The molecule has 0 amide bonds. The Hall–Kier alpha value is -12.9. The molecule has 0 saturated heterocycles. The molecule has 0 atom stereocenters. The second kappa shape index (κ2) is 19.4. The van der Waals surface area contributed by atoms with Crippen LogP contribution >= 0.6 is 0 Å². The maximum Gasteiger partial charge on any atom is 0.187 e. The molecule has 12 rings (SSSR count). The third kappa shape index (κ3) is 7.90. The van der Waals surface area contributed by atoms with Crippen LogP contribution in [0.4, 0.5) is 28.4 Å². The van der Waals surface area contributed by atoms with E-state index in [0.29, 0.717) is 84.4 Å². The third-order valence-corrected chi connectivity index (χ3v) is 14.4. The van der Waals surface area contributed by atoms with Crippen LogP contribution in [0.1, 0.15) is 22.3 Å². The number of hydrogen-bond acceptors (Lipinski definition) is 5. The molecule has 0 aliphatic rings. The zero-order valence-corrected chi connectivity index (χ0v) is 41.7. The van der Waals surface area contributed by atoms with Crippen LogP contribution < -0.4 is 0 Å². The Morgan fingerprint density at radius 3 is 1.12 bits per heavy atom. The fourth-order valence-electron chi connectivity index (χ4n) is 10.7. The highest BCUT2D eigenvalue weighted by atomic mass is 15.1. The third-order valence-electron chi connectivity index (χ3n) is 14.4. The first-order valence-electron chi connectivity index (χ1n) is 24.5. The quantitative estimate of drug-likeness (QED) is 0.146. The monoisotopic (exact) mass is 1010 g/mol. The molecule has 3 heterocycles. The smallest absolute Gasteiger partial charge is 0.187 e. The summed E-state index contributed by atoms with van der Waals surface area (Å²) < 4.78 is 4.21. The molecule has 0 saturated carbocycles. The molecule has 0 aliphatic carbocycles. The topological polar surface area (TPSA) is 140 Å². The molecule has 9 aromatic carbocycles. The molecule has 0 aliphatic heterocycles. The van der Waals surface area contributed by atoms with Crippen LogP contribution in [0.25, 0.3) is 135 Å². The maximum absolute atomic E-state index is 10.3. The second-order valence-corrected chi connectivity index (χ2v) is 18.6. The predicted molar refractivity (Wildman–Crippen MR) is 310 cm³/mol. The minimum absolute atomic E-state index is 0.341. The molecule has 0 spiro atoms. The van der Waals surface area contributed by atoms with Crippen molar-refractivity contribution in [1.29, 1.82) is 21.0 Å². The van der Waals surface area contributed by atoms with Gasteiger partial charge in [0, 0.05) is 27.1 Å². The first-order chi connectivity index (χ1) is 39.2. The van der Waals surface area contributed by atoms with Crippen molar-refractivity contribution >= 4 is 72.0 Å². The van der Waals surface area contributed by atoms with Gasteiger partial charge >= 0.3 is 0 Å². The fraction of sp³-hybridized carbons (Fsp3) is 0. The summed E-state index contributed by atoms with van der Waals surface area (Å²) in [5, 5.41) is 43.2. The van der Waals surface area contributed by atoms with E-state index in [2.05, 4.69) is 57.6 Å². The van der Waals surface area contributed by atoms with E-state index in [4.69, 9.17) is 37.8 Å². The number of nitrogens with zero attached hydrogens (tertiary/aromatic N) is 12. The fourth-order valence-corrected chi connectivity index (χ4v) is 10.7. The average molecular weight is 1020 g/mol. The van der Waals surface area contributed by atoms with Gasteiger partial charge in [0.05, 0.1) is 113 Å². The highest BCUT2D eigenvalue weighted by molar-refractivity contribution is 6.14. The Labute approximate surface area is 457 Å². The molecule has 0 fully saturated rings. The van der Waals surface area contributed by atoms with E-state index in [9.17, 15) is 21.0 Å². The van der Waals surface area contributed by atoms with Crippen molar-refractivity contribution < 1.29 is 0 Å². The highest BCUT2D eigenvalue weighted by Gasteiger charge is 2.23. The molecule has 0 unspecified atom stereocenters. The van der Waals surface area contributed by atoms with Gasteiger partial charge in [0.15, 0.2) is 28.4 Å². The SMILES string of the molecule is [C-]#[N+]c1ccc(-c2cc(-n3c4ccc(-c5ccc(C#N)cc5C#N)cc4c4cc(-c5ccc(C#N)cc5C#N)ccc43)ncc2-n2c3ccc(-c4ccc([N+]#[C-])cc4[N+]#[C-])cc3c3cc(-c4ccc([N+]#[C-])cc4[N+]#[C-])ccc32)cc1. The number of hydrogen-bond donors (Lipinski definition) is 0. The first-order valence-corrected chi connectivity index (χ1v) is 24.5. The highest BCUT2D eigenvalue weighted by Crippen LogP contribution is 2.45. The zero-order valence-electron chi connectivity index (χ0n) is 41.7. The normalized spacial score (nSPS) is 10.6. The molecular weight excluding hydrogens is 985 g/mol. The summed E-state index contributed by atoms with van der Waals surface area (Å²) >= 11 is 0. The largest absolute Gasteiger partial charge is 0.307 e. The molecular formula is C68H30N12. The molecule has 12 aromatic rings. The number of benzene rings is 9. The lowest BCUT2D eigenvalue weighted by Gasteiger charge is -2.17. The van der Waals surface area contributed by atoms with Crippen LogP contribution in [-0.4, -0.2) is 14.1 Å². The van der Waals surface area contributed by atoms with Crippen molar-refractivity contribution in [2.24, 2.45) is 0 Å². The number of fused-ring (bicyclic) bond motifs is 6. The zero-order chi connectivity index (χ0) is 55.2. The number of nitriles is 4. The van der Waals surface area contributed by atoms with Crippen molar-refractivity contribution in [3.63, 3.8) is 0 Å². The number of pyridine rings is 1. The maximum atomic E-state index is 10.3. The molecule has 3 aromatic heterocycles. The van der Waals surface area contributed by atoms with Gasteiger partial charge in [0.25, 0.3) is 0 Å². The van der Waals surface area contributed by atoms with E-state index in [0.717, 1.165) is 77.0 Å². The Kier molecular flexibility index (Phi) is 11.7. The lowest BCUT2D eigenvalue weighted by Crippen LogP contribution is -2.03. The van der Waals surface area contributed by atoms with E-state index < -0.39 is 0 Å². The minimum atomic E-state index is 0.341.